The number of furan rings is 1. The lowest BCUT2D eigenvalue weighted by Crippen LogP contribution is -2.31. The van der Waals surface area contributed by atoms with Crippen molar-refractivity contribution in [2.45, 2.75) is 25.3 Å². The summed E-state index contributed by atoms with van der Waals surface area (Å²) in [6.07, 6.45) is 2.60. The minimum Gasteiger partial charge on any atom is -0.467 e. The first-order valence-corrected chi connectivity index (χ1v) is 11.8. The summed E-state index contributed by atoms with van der Waals surface area (Å²) >= 11 is 2.90. The second-order valence-corrected chi connectivity index (χ2v) is 8.89. The van der Waals surface area contributed by atoms with E-state index in [9.17, 15) is 14.4 Å². The number of amides is 2. The molecule has 4 heterocycles. The van der Waals surface area contributed by atoms with Crippen LogP contribution < -0.4 is 5.32 Å². The average Bonchev–Trinajstić information content (AvgIpc) is 3.59. The molecule has 0 spiro atoms. The first-order chi connectivity index (χ1) is 15.6. The summed E-state index contributed by atoms with van der Waals surface area (Å²) in [7, 11) is 0. The van der Waals surface area contributed by atoms with Gasteiger partial charge in [0.25, 0.3) is 11.8 Å². The van der Waals surface area contributed by atoms with Crippen LogP contribution in [0.2, 0.25) is 0 Å². The Labute approximate surface area is 192 Å². The van der Waals surface area contributed by atoms with E-state index in [0.29, 0.717) is 30.0 Å². The van der Waals surface area contributed by atoms with E-state index in [1.165, 1.54) is 16.3 Å². The van der Waals surface area contributed by atoms with Crippen molar-refractivity contribution in [1.82, 2.24) is 10.3 Å². The van der Waals surface area contributed by atoms with Crippen LogP contribution in [0.25, 0.3) is 0 Å². The number of carbonyl (C=O) groups is 3. The molecule has 166 valence electrons. The summed E-state index contributed by atoms with van der Waals surface area (Å²) in [5.74, 6) is -0.459. The number of hydrogen-bond donors (Lipinski definition) is 1. The normalized spacial score (nSPS) is 15.4. The van der Waals surface area contributed by atoms with Gasteiger partial charge < -0.3 is 14.5 Å². The number of carbonyl (C=O) groups excluding carboxylic acids is 3. The molecule has 2 amide bonds. The predicted octanol–water partition coefficient (Wildman–Crippen LogP) is 3.83. The molecule has 3 aromatic rings. The van der Waals surface area contributed by atoms with Crippen LogP contribution in [0, 0.1) is 0 Å². The molecule has 1 aliphatic rings. The summed E-state index contributed by atoms with van der Waals surface area (Å²) in [4.78, 5) is 38.3. The topological polar surface area (TPSA) is 101 Å². The molecule has 0 fully saturated rings. The number of hydrazone groups is 1. The van der Waals surface area contributed by atoms with Gasteiger partial charge in [-0.2, -0.15) is 5.10 Å². The summed E-state index contributed by atoms with van der Waals surface area (Å²) in [6.45, 7) is -0.0558. The van der Waals surface area contributed by atoms with Crippen molar-refractivity contribution in [2.75, 3.05) is 13.2 Å². The highest BCUT2D eigenvalue weighted by molar-refractivity contribution is 7.12. The molecule has 8 nitrogen and oxygen atoms in total. The summed E-state index contributed by atoms with van der Waals surface area (Å²) in [5.41, 5.74) is 0.794. The van der Waals surface area contributed by atoms with Crippen LogP contribution in [0.5, 0.6) is 0 Å². The van der Waals surface area contributed by atoms with Crippen LogP contribution in [-0.2, 0) is 14.3 Å². The third-order valence-electron chi connectivity index (χ3n) is 4.79. The molecule has 0 saturated heterocycles. The van der Waals surface area contributed by atoms with Crippen molar-refractivity contribution in [3.63, 3.8) is 0 Å². The van der Waals surface area contributed by atoms with E-state index >= 15 is 0 Å². The highest BCUT2D eigenvalue weighted by Gasteiger charge is 2.35. The van der Waals surface area contributed by atoms with Crippen molar-refractivity contribution < 1.29 is 23.5 Å². The van der Waals surface area contributed by atoms with Crippen molar-refractivity contribution in [3.8, 4) is 0 Å². The van der Waals surface area contributed by atoms with Crippen LogP contribution >= 0.6 is 22.7 Å². The summed E-state index contributed by atoms with van der Waals surface area (Å²) < 4.78 is 10.6. The molecular formula is C22H21N3O5S2. The monoisotopic (exact) mass is 471 g/mol. The van der Waals surface area contributed by atoms with E-state index in [1.807, 2.05) is 22.9 Å². The fraction of sp³-hybridized carbons (Fsp3) is 0.273. The van der Waals surface area contributed by atoms with Crippen molar-refractivity contribution >= 4 is 46.2 Å². The van der Waals surface area contributed by atoms with Crippen LogP contribution in [0.15, 0.2) is 62.9 Å². The minimum absolute atomic E-state index is 0.101. The zero-order valence-corrected chi connectivity index (χ0v) is 18.7. The highest BCUT2D eigenvalue weighted by atomic mass is 32.1. The molecule has 0 radical (unpaired) electrons. The maximum Gasteiger partial charge on any atom is 0.306 e. The van der Waals surface area contributed by atoms with E-state index < -0.39 is 18.5 Å². The molecule has 3 aromatic heterocycles. The summed E-state index contributed by atoms with van der Waals surface area (Å²) in [6, 6.07) is 10.6. The van der Waals surface area contributed by atoms with Gasteiger partial charge in [-0.05, 0) is 41.4 Å². The first kappa shape index (κ1) is 22.0. The lowest BCUT2D eigenvalue weighted by Gasteiger charge is -2.19. The van der Waals surface area contributed by atoms with Gasteiger partial charge in [0.2, 0.25) is 0 Å². The van der Waals surface area contributed by atoms with Gasteiger partial charge >= 0.3 is 5.97 Å². The Morgan fingerprint density at radius 1 is 1.16 bits per heavy atom. The van der Waals surface area contributed by atoms with Crippen LogP contribution in [0.4, 0.5) is 0 Å². The molecule has 0 bridgehead atoms. The number of nitrogens with one attached hydrogen (secondary N) is 1. The number of rotatable bonds is 9. The lowest BCUT2D eigenvalue weighted by molar-refractivity contribution is -0.153. The van der Waals surface area contributed by atoms with Gasteiger partial charge in [-0.1, -0.05) is 12.1 Å². The highest BCUT2D eigenvalue weighted by Crippen LogP contribution is 2.34. The SMILES string of the molecule is O=C(CCCNC(=O)c1cccs1)OCC(=O)N1N=C(c2cccs2)C[C@H]1c1ccco1. The molecule has 0 aliphatic carbocycles. The number of nitrogens with zero attached hydrogens (tertiary/aromatic N) is 2. The van der Waals surface area contributed by atoms with Crippen molar-refractivity contribution in [2.24, 2.45) is 5.10 Å². The molecule has 1 atom stereocenters. The smallest absolute Gasteiger partial charge is 0.306 e. The third kappa shape index (κ3) is 5.32. The largest absolute Gasteiger partial charge is 0.467 e. The van der Waals surface area contributed by atoms with E-state index in [2.05, 4.69) is 10.4 Å². The second kappa shape index (κ2) is 10.4. The fourth-order valence-corrected chi connectivity index (χ4v) is 4.61. The Hall–Kier alpha value is -3.24. The van der Waals surface area contributed by atoms with Crippen LogP contribution in [-0.4, -0.2) is 41.7 Å². The zero-order valence-electron chi connectivity index (χ0n) is 17.1. The standard InChI is InChI=1S/C22H21N3O5S2/c26-20(14-30-21(27)8-1-9-23-22(28)19-7-4-12-32-19)25-16(17-5-2-10-29-17)13-15(24-25)18-6-3-11-31-18/h2-7,10-12,16H,1,8-9,13-14H2,(H,23,28)/t16-/m0/s1. The number of hydrogen-bond acceptors (Lipinski definition) is 8. The van der Waals surface area contributed by atoms with Gasteiger partial charge in [-0.3, -0.25) is 14.4 Å². The van der Waals surface area contributed by atoms with Crippen molar-refractivity contribution in [1.29, 1.82) is 0 Å². The van der Waals surface area contributed by atoms with Gasteiger partial charge in [0.15, 0.2) is 6.61 Å². The number of thiophene rings is 2. The van der Waals surface area contributed by atoms with Crippen LogP contribution in [0.3, 0.4) is 0 Å². The van der Waals surface area contributed by atoms with Gasteiger partial charge in [0.1, 0.15) is 11.8 Å². The van der Waals surface area contributed by atoms with Gasteiger partial charge in [0, 0.05) is 19.4 Å². The molecule has 0 aromatic carbocycles. The molecule has 0 saturated carbocycles. The van der Waals surface area contributed by atoms with Gasteiger partial charge in [-0.25, -0.2) is 5.01 Å². The number of esters is 1. The molecule has 32 heavy (non-hydrogen) atoms. The van der Waals surface area contributed by atoms with Crippen LogP contribution in [0.1, 0.15) is 45.6 Å². The Bertz CT molecular complexity index is 1080. The van der Waals surface area contributed by atoms with E-state index in [4.69, 9.17) is 9.15 Å². The Kier molecular flexibility index (Phi) is 7.13. The van der Waals surface area contributed by atoms with E-state index in [-0.39, 0.29) is 18.4 Å². The van der Waals surface area contributed by atoms with Gasteiger partial charge in [0.05, 0.1) is 21.7 Å². The maximum atomic E-state index is 12.8. The van der Waals surface area contributed by atoms with Crippen molar-refractivity contribution in [3.05, 3.63) is 68.9 Å². The van der Waals surface area contributed by atoms with Gasteiger partial charge in [-0.15, -0.1) is 22.7 Å². The van der Waals surface area contributed by atoms with E-state index in [1.54, 1.807) is 41.9 Å². The average molecular weight is 472 g/mol. The number of ether oxygens (including phenoxy) is 1. The van der Waals surface area contributed by atoms with E-state index in [0.717, 1.165) is 10.6 Å². The maximum absolute atomic E-state index is 12.8. The zero-order chi connectivity index (χ0) is 22.3. The predicted molar refractivity (Wildman–Crippen MR) is 121 cm³/mol. The molecule has 1 aliphatic heterocycles. The second-order valence-electron chi connectivity index (χ2n) is 7.00. The molecular weight excluding hydrogens is 450 g/mol. The summed E-state index contributed by atoms with van der Waals surface area (Å²) in [5, 5.41) is 12.3. The molecule has 10 heteroatoms. The minimum atomic E-state index is -0.500. The molecule has 1 N–H and O–H groups in total. The Morgan fingerprint density at radius 2 is 2.00 bits per heavy atom. The Morgan fingerprint density at radius 3 is 2.72 bits per heavy atom. The first-order valence-electron chi connectivity index (χ1n) is 10.1. The quantitative estimate of drug-likeness (QED) is 0.378. The third-order valence-corrected chi connectivity index (χ3v) is 6.58. The molecule has 4 rings (SSSR count). The lowest BCUT2D eigenvalue weighted by atomic mass is 10.1. The molecule has 0 unspecified atom stereocenters. The fourth-order valence-electron chi connectivity index (χ4n) is 3.24. The Balaban J connectivity index is 1.26.